The number of aliphatic hydroxyl groups is 1. The molecule has 2 heteroatoms. The zero-order valence-corrected chi connectivity index (χ0v) is 13.9. The van der Waals surface area contributed by atoms with Crippen LogP contribution in [0, 0.1) is 6.92 Å². The number of ether oxygens (including phenoxy) is 1. The number of hydrogen-bond donors (Lipinski definition) is 1. The molecule has 4 rings (SSSR count). The minimum absolute atomic E-state index is 0.492. The third-order valence-corrected chi connectivity index (χ3v) is 4.87. The van der Waals surface area contributed by atoms with E-state index in [1.807, 2.05) is 42.5 Å². The summed E-state index contributed by atoms with van der Waals surface area (Å²) in [5.41, 5.74) is 1.84. The van der Waals surface area contributed by atoms with Crippen LogP contribution in [-0.4, -0.2) is 11.2 Å². The fourth-order valence-corrected chi connectivity index (χ4v) is 2.84. The Morgan fingerprint density at radius 2 is 1.57 bits per heavy atom. The molecule has 2 aliphatic carbocycles. The Balaban J connectivity index is 0.000000136. The lowest BCUT2D eigenvalue weighted by molar-refractivity contribution is -0.0387. The topological polar surface area (TPSA) is 29.5 Å². The molecule has 23 heavy (non-hydrogen) atoms. The van der Waals surface area contributed by atoms with E-state index < -0.39 is 5.60 Å². The Kier molecular flexibility index (Phi) is 5.02. The van der Waals surface area contributed by atoms with Crippen LogP contribution in [0.4, 0.5) is 0 Å². The van der Waals surface area contributed by atoms with Gasteiger partial charge in [-0.05, 0) is 63.1 Å². The quantitative estimate of drug-likeness (QED) is 0.866. The van der Waals surface area contributed by atoms with Gasteiger partial charge in [-0.3, -0.25) is 0 Å². The van der Waals surface area contributed by atoms with Crippen molar-refractivity contribution in [2.75, 3.05) is 0 Å². The molecule has 0 amide bonds. The van der Waals surface area contributed by atoms with Crippen LogP contribution >= 0.6 is 0 Å². The monoisotopic (exact) mass is 310 g/mol. The molecule has 0 aromatic heterocycles. The van der Waals surface area contributed by atoms with E-state index in [2.05, 4.69) is 19.1 Å². The summed E-state index contributed by atoms with van der Waals surface area (Å²) >= 11 is 0. The summed E-state index contributed by atoms with van der Waals surface area (Å²) < 4.78 is 5.65. The summed E-state index contributed by atoms with van der Waals surface area (Å²) in [6, 6.07) is 18.2. The van der Waals surface area contributed by atoms with Gasteiger partial charge in [0.15, 0.2) is 0 Å². The number of rotatable bonds is 3. The Morgan fingerprint density at radius 3 is 2.04 bits per heavy atom. The van der Waals surface area contributed by atoms with Gasteiger partial charge in [-0.25, -0.2) is 0 Å². The predicted molar refractivity (Wildman–Crippen MR) is 93.6 cm³/mol. The second-order valence-electron chi connectivity index (χ2n) is 6.73. The zero-order chi connectivity index (χ0) is 16.1. The minimum atomic E-state index is -0.492. The molecule has 0 spiro atoms. The zero-order valence-electron chi connectivity index (χ0n) is 13.9. The van der Waals surface area contributed by atoms with Gasteiger partial charge in [-0.1, -0.05) is 48.0 Å². The summed E-state index contributed by atoms with van der Waals surface area (Å²) in [4.78, 5) is 0. The van der Waals surface area contributed by atoms with E-state index in [0.717, 1.165) is 30.6 Å². The second kappa shape index (κ2) is 7.18. The van der Waals surface area contributed by atoms with Crippen LogP contribution in [0.25, 0.3) is 0 Å². The average Bonchev–Trinajstić information content (AvgIpc) is 2.51. The van der Waals surface area contributed by atoms with E-state index >= 15 is 0 Å². The first kappa shape index (κ1) is 16.1. The highest BCUT2D eigenvalue weighted by atomic mass is 16.5. The third kappa shape index (κ3) is 4.14. The highest BCUT2D eigenvalue weighted by molar-refractivity contribution is 5.28. The van der Waals surface area contributed by atoms with Crippen LogP contribution in [0.1, 0.15) is 49.7 Å². The average molecular weight is 310 g/mol. The molecule has 1 N–H and O–H groups in total. The van der Waals surface area contributed by atoms with Crippen molar-refractivity contribution in [1.29, 1.82) is 0 Å². The van der Waals surface area contributed by atoms with Gasteiger partial charge in [-0.15, -0.1) is 0 Å². The van der Waals surface area contributed by atoms with E-state index in [0.29, 0.717) is 6.10 Å². The highest BCUT2D eigenvalue weighted by Crippen LogP contribution is 2.40. The normalized spacial score (nSPS) is 18.9. The summed E-state index contributed by atoms with van der Waals surface area (Å²) in [5.74, 6) is 1.01. The van der Waals surface area contributed by atoms with Crippen molar-refractivity contribution < 1.29 is 9.84 Å². The Morgan fingerprint density at radius 1 is 0.913 bits per heavy atom. The van der Waals surface area contributed by atoms with Crippen molar-refractivity contribution in [3.63, 3.8) is 0 Å². The molecule has 2 aromatic carbocycles. The van der Waals surface area contributed by atoms with Gasteiger partial charge in [0.25, 0.3) is 0 Å². The van der Waals surface area contributed by atoms with E-state index in [9.17, 15) is 5.11 Å². The Bertz CT molecular complexity index is 595. The van der Waals surface area contributed by atoms with Crippen LogP contribution in [0.3, 0.4) is 0 Å². The number of hydrogen-bond acceptors (Lipinski definition) is 2. The van der Waals surface area contributed by atoms with Crippen molar-refractivity contribution in [2.45, 2.75) is 57.2 Å². The predicted octanol–water partition coefficient (Wildman–Crippen LogP) is 4.98. The van der Waals surface area contributed by atoms with Crippen molar-refractivity contribution in [2.24, 2.45) is 0 Å². The Labute approximate surface area is 139 Å². The molecule has 0 saturated heterocycles. The van der Waals surface area contributed by atoms with Crippen molar-refractivity contribution >= 4 is 0 Å². The molecule has 122 valence electrons. The van der Waals surface area contributed by atoms with Crippen LogP contribution < -0.4 is 4.74 Å². The standard InChI is InChI=1S/C11H14O.C10H12O/c1-9-3-5-10(6-4-9)11(12)7-2-8-11;1-2-5-9(6-3-1)11-10-7-4-8-10/h3-6,12H,2,7-8H2,1H3;1-3,5-6,10H,4,7-8H2. The smallest absolute Gasteiger partial charge is 0.119 e. The lowest BCUT2D eigenvalue weighted by Crippen LogP contribution is -2.33. The second-order valence-corrected chi connectivity index (χ2v) is 6.73. The van der Waals surface area contributed by atoms with Crippen LogP contribution in [-0.2, 0) is 5.60 Å². The van der Waals surface area contributed by atoms with Crippen LogP contribution in [0.2, 0.25) is 0 Å². The van der Waals surface area contributed by atoms with Gasteiger partial charge in [0.2, 0.25) is 0 Å². The van der Waals surface area contributed by atoms with Crippen molar-refractivity contribution in [3.8, 4) is 5.75 Å². The minimum Gasteiger partial charge on any atom is -0.490 e. The summed E-state index contributed by atoms with van der Waals surface area (Å²) in [6.07, 6.45) is 7.30. The molecule has 2 fully saturated rings. The largest absolute Gasteiger partial charge is 0.490 e. The molecule has 0 heterocycles. The first-order valence-electron chi connectivity index (χ1n) is 8.67. The van der Waals surface area contributed by atoms with Crippen molar-refractivity contribution in [1.82, 2.24) is 0 Å². The van der Waals surface area contributed by atoms with E-state index in [4.69, 9.17) is 4.74 Å². The molecule has 0 atom stereocenters. The maximum Gasteiger partial charge on any atom is 0.119 e. The fraction of sp³-hybridized carbons (Fsp3) is 0.429. The number of benzene rings is 2. The lowest BCUT2D eigenvalue weighted by atomic mass is 9.75. The van der Waals surface area contributed by atoms with E-state index in [-0.39, 0.29) is 0 Å². The van der Waals surface area contributed by atoms with Crippen LogP contribution in [0.5, 0.6) is 5.75 Å². The summed E-state index contributed by atoms with van der Waals surface area (Å²) in [7, 11) is 0. The molecule has 2 aliphatic rings. The van der Waals surface area contributed by atoms with Crippen molar-refractivity contribution in [3.05, 3.63) is 65.7 Å². The fourth-order valence-electron chi connectivity index (χ4n) is 2.84. The molecule has 2 nitrogen and oxygen atoms in total. The molecule has 2 aromatic rings. The molecular weight excluding hydrogens is 284 g/mol. The summed E-state index contributed by atoms with van der Waals surface area (Å²) in [6.45, 7) is 2.06. The number of para-hydroxylation sites is 1. The molecule has 0 aliphatic heterocycles. The third-order valence-electron chi connectivity index (χ3n) is 4.87. The summed E-state index contributed by atoms with van der Waals surface area (Å²) in [5, 5.41) is 9.97. The molecule has 0 unspecified atom stereocenters. The Hall–Kier alpha value is -1.80. The van der Waals surface area contributed by atoms with Crippen LogP contribution in [0.15, 0.2) is 54.6 Å². The van der Waals surface area contributed by atoms with E-state index in [1.165, 1.54) is 24.8 Å². The molecule has 0 radical (unpaired) electrons. The lowest BCUT2D eigenvalue weighted by Gasteiger charge is -2.37. The maximum atomic E-state index is 9.97. The van der Waals surface area contributed by atoms with Gasteiger partial charge < -0.3 is 9.84 Å². The van der Waals surface area contributed by atoms with E-state index in [1.54, 1.807) is 0 Å². The van der Waals surface area contributed by atoms with Gasteiger partial charge in [0, 0.05) is 0 Å². The van der Waals surface area contributed by atoms with Gasteiger partial charge in [0.05, 0.1) is 11.7 Å². The van der Waals surface area contributed by atoms with Gasteiger partial charge in [-0.2, -0.15) is 0 Å². The first-order chi connectivity index (χ1) is 11.2. The van der Waals surface area contributed by atoms with Gasteiger partial charge >= 0.3 is 0 Å². The number of aryl methyl sites for hydroxylation is 1. The highest BCUT2D eigenvalue weighted by Gasteiger charge is 2.35. The molecule has 0 bridgehead atoms. The van der Waals surface area contributed by atoms with Gasteiger partial charge in [0.1, 0.15) is 5.75 Å². The first-order valence-corrected chi connectivity index (χ1v) is 8.67. The maximum absolute atomic E-state index is 9.97. The SMILES string of the molecule is Cc1ccc(C2(O)CCC2)cc1.c1ccc(OC2CCC2)cc1. The molecular formula is C21H26O2. The molecule has 2 saturated carbocycles.